The van der Waals surface area contributed by atoms with Gasteiger partial charge in [0.2, 0.25) is 0 Å². The molecule has 2 aromatic heterocycles. The van der Waals surface area contributed by atoms with E-state index in [0.717, 1.165) is 67.6 Å². The maximum atomic E-state index is 12.7. The number of nitrogens with one attached hydrogen (secondary N) is 5. The third-order valence-corrected chi connectivity index (χ3v) is 6.35. The van der Waals surface area contributed by atoms with E-state index < -0.39 is 0 Å². The molecule has 0 bridgehead atoms. The van der Waals surface area contributed by atoms with E-state index in [9.17, 15) is 4.79 Å². The van der Waals surface area contributed by atoms with Crippen LogP contribution < -0.4 is 27.4 Å². The summed E-state index contributed by atoms with van der Waals surface area (Å²) in [6.07, 6.45) is 5.83. The molecule has 188 valence electrons. The maximum Gasteiger partial charge on any atom is 0.354 e. The molecule has 0 saturated carbocycles. The van der Waals surface area contributed by atoms with Crippen LogP contribution >= 0.6 is 0 Å². The molecule has 1 fully saturated rings. The molecular weight excluding hydrogens is 444 g/mol. The SMILES string of the molecule is C[C@@H](CCNC(=N)N)OCc1ccc(-n2cc3cc(CCNC4CCNCC4)[nH]c3nc2=O)cc1. The Bertz CT molecular complexity index is 1160. The number of guanidine groups is 1. The number of fused-ring (bicyclic) bond motifs is 1. The van der Waals surface area contributed by atoms with E-state index >= 15 is 0 Å². The third-order valence-electron chi connectivity index (χ3n) is 6.35. The van der Waals surface area contributed by atoms with Crippen molar-refractivity contribution < 1.29 is 4.74 Å². The summed E-state index contributed by atoms with van der Waals surface area (Å²) < 4.78 is 7.44. The van der Waals surface area contributed by atoms with Gasteiger partial charge in [-0.1, -0.05) is 12.1 Å². The lowest BCUT2D eigenvalue weighted by atomic mass is 10.1. The van der Waals surface area contributed by atoms with Crippen LogP contribution in [0.25, 0.3) is 16.7 Å². The fourth-order valence-corrected chi connectivity index (χ4v) is 4.29. The summed E-state index contributed by atoms with van der Waals surface area (Å²) in [5.74, 6) is -0.0313. The Hall–Kier alpha value is -3.21. The molecule has 1 aromatic carbocycles. The van der Waals surface area contributed by atoms with Crippen LogP contribution in [-0.4, -0.2) is 58.8 Å². The molecule has 3 heterocycles. The molecule has 1 atom stereocenters. The summed E-state index contributed by atoms with van der Waals surface area (Å²) in [6.45, 7) is 6.12. The van der Waals surface area contributed by atoms with Gasteiger partial charge in [-0.3, -0.25) is 9.98 Å². The molecule has 1 aliphatic heterocycles. The number of hydrogen-bond donors (Lipinski definition) is 6. The number of nitrogens with two attached hydrogens (primary N) is 1. The highest BCUT2D eigenvalue weighted by atomic mass is 16.5. The molecule has 0 aliphatic carbocycles. The second kappa shape index (κ2) is 12.0. The molecule has 1 aliphatic rings. The fraction of sp³-hybridized carbons (Fsp3) is 0.480. The predicted molar refractivity (Wildman–Crippen MR) is 138 cm³/mol. The van der Waals surface area contributed by atoms with Crippen LogP contribution in [0.5, 0.6) is 0 Å². The minimum absolute atomic E-state index is 0.0313. The van der Waals surface area contributed by atoms with E-state index in [1.807, 2.05) is 37.4 Å². The standard InChI is InChI=1S/C25H36N8O2/c1-17(6-12-30-24(26)27)35-16-18-2-4-22(5-3-18)33-15-19-14-21(31-23(19)32-25(33)34)9-13-29-20-7-10-28-11-8-20/h2-5,14-15,17,20,28-29H,6-13,16H2,1H3,(H4,26,27,30)(H,31,32,34)/t17-/m0/s1. The number of benzene rings is 1. The van der Waals surface area contributed by atoms with Gasteiger partial charge in [0.1, 0.15) is 5.65 Å². The highest BCUT2D eigenvalue weighted by Gasteiger charge is 2.12. The molecule has 1 saturated heterocycles. The molecule has 3 aromatic rings. The highest BCUT2D eigenvalue weighted by molar-refractivity contribution is 5.75. The molecule has 0 spiro atoms. The number of nitrogens with zero attached hydrogens (tertiary/aromatic N) is 2. The predicted octanol–water partition coefficient (Wildman–Crippen LogP) is 1.38. The molecule has 7 N–H and O–H groups in total. The summed E-state index contributed by atoms with van der Waals surface area (Å²) in [7, 11) is 0. The summed E-state index contributed by atoms with van der Waals surface area (Å²) in [4.78, 5) is 20.2. The Labute approximate surface area is 205 Å². The van der Waals surface area contributed by atoms with Gasteiger partial charge in [-0.05, 0) is 63.0 Å². The second-order valence-corrected chi connectivity index (χ2v) is 9.14. The van der Waals surface area contributed by atoms with E-state index in [1.54, 1.807) is 4.57 Å². The monoisotopic (exact) mass is 480 g/mol. The van der Waals surface area contributed by atoms with Crippen molar-refractivity contribution in [2.45, 2.75) is 51.4 Å². The van der Waals surface area contributed by atoms with Gasteiger partial charge in [0.05, 0.1) is 18.4 Å². The number of hydrogen-bond acceptors (Lipinski definition) is 6. The number of H-pyrrole nitrogens is 1. The Balaban J connectivity index is 1.34. The lowest BCUT2D eigenvalue weighted by molar-refractivity contribution is 0.0485. The number of rotatable bonds is 11. The smallest absolute Gasteiger partial charge is 0.354 e. The molecule has 0 amide bonds. The zero-order chi connectivity index (χ0) is 24.6. The summed E-state index contributed by atoms with van der Waals surface area (Å²) in [5, 5.41) is 17.9. The van der Waals surface area contributed by atoms with E-state index in [4.69, 9.17) is 15.9 Å². The zero-order valence-corrected chi connectivity index (χ0v) is 20.3. The van der Waals surface area contributed by atoms with Crippen molar-refractivity contribution in [1.82, 2.24) is 30.5 Å². The van der Waals surface area contributed by atoms with Crippen molar-refractivity contribution in [3.8, 4) is 5.69 Å². The zero-order valence-electron chi connectivity index (χ0n) is 20.3. The maximum absolute atomic E-state index is 12.7. The summed E-state index contributed by atoms with van der Waals surface area (Å²) >= 11 is 0. The van der Waals surface area contributed by atoms with Crippen LogP contribution in [0.2, 0.25) is 0 Å². The first-order valence-electron chi connectivity index (χ1n) is 12.3. The normalized spacial score (nSPS) is 15.3. The van der Waals surface area contributed by atoms with Crippen molar-refractivity contribution in [2.24, 2.45) is 5.73 Å². The van der Waals surface area contributed by atoms with Crippen LogP contribution in [-0.2, 0) is 17.8 Å². The Morgan fingerprint density at radius 3 is 2.80 bits per heavy atom. The van der Waals surface area contributed by atoms with Crippen molar-refractivity contribution >= 4 is 17.0 Å². The number of aromatic amines is 1. The molecular formula is C25H36N8O2. The Morgan fingerprint density at radius 1 is 1.29 bits per heavy atom. The molecule has 35 heavy (non-hydrogen) atoms. The van der Waals surface area contributed by atoms with Gasteiger partial charge in [0, 0.05) is 42.8 Å². The van der Waals surface area contributed by atoms with Gasteiger partial charge in [0.15, 0.2) is 5.96 Å². The summed E-state index contributed by atoms with van der Waals surface area (Å²) in [6, 6.07) is 10.4. The van der Waals surface area contributed by atoms with Gasteiger partial charge in [-0.2, -0.15) is 4.98 Å². The average molecular weight is 481 g/mol. The minimum atomic E-state index is -0.311. The third kappa shape index (κ3) is 7.14. The van der Waals surface area contributed by atoms with Crippen LogP contribution in [0.1, 0.15) is 37.4 Å². The van der Waals surface area contributed by atoms with Crippen LogP contribution in [0.15, 0.2) is 41.3 Å². The lowest BCUT2D eigenvalue weighted by Gasteiger charge is -2.23. The largest absolute Gasteiger partial charge is 0.374 e. The van der Waals surface area contributed by atoms with E-state index in [1.165, 1.54) is 0 Å². The van der Waals surface area contributed by atoms with Gasteiger partial charge < -0.3 is 31.4 Å². The molecule has 10 nitrogen and oxygen atoms in total. The van der Waals surface area contributed by atoms with E-state index in [0.29, 0.717) is 24.8 Å². The first-order valence-corrected chi connectivity index (χ1v) is 12.3. The van der Waals surface area contributed by atoms with Gasteiger partial charge >= 0.3 is 5.69 Å². The number of piperidine rings is 1. The van der Waals surface area contributed by atoms with Gasteiger partial charge in [0.25, 0.3) is 0 Å². The fourth-order valence-electron chi connectivity index (χ4n) is 4.29. The van der Waals surface area contributed by atoms with Gasteiger partial charge in [-0.25, -0.2) is 4.79 Å². The van der Waals surface area contributed by atoms with Gasteiger partial charge in [-0.15, -0.1) is 0 Å². The molecule has 0 unspecified atom stereocenters. The average Bonchev–Trinajstić information content (AvgIpc) is 3.24. The van der Waals surface area contributed by atoms with E-state index in [2.05, 4.69) is 32.0 Å². The Morgan fingerprint density at radius 2 is 2.06 bits per heavy atom. The van der Waals surface area contributed by atoms with Crippen molar-refractivity contribution in [2.75, 3.05) is 26.2 Å². The quantitative estimate of drug-likeness (QED) is 0.180. The van der Waals surface area contributed by atoms with Crippen molar-refractivity contribution in [1.29, 1.82) is 5.41 Å². The topological polar surface area (TPSA) is 146 Å². The minimum Gasteiger partial charge on any atom is -0.374 e. The van der Waals surface area contributed by atoms with Crippen LogP contribution in [0.4, 0.5) is 0 Å². The molecule has 0 radical (unpaired) electrons. The van der Waals surface area contributed by atoms with Crippen LogP contribution in [0.3, 0.4) is 0 Å². The van der Waals surface area contributed by atoms with Crippen molar-refractivity contribution in [3.05, 3.63) is 58.3 Å². The number of aromatic nitrogens is 3. The summed E-state index contributed by atoms with van der Waals surface area (Å²) in [5.41, 5.74) is 8.47. The first kappa shape index (κ1) is 24.9. The first-order chi connectivity index (χ1) is 17.0. The van der Waals surface area contributed by atoms with E-state index in [-0.39, 0.29) is 17.8 Å². The number of ether oxygens (including phenoxy) is 1. The van der Waals surface area contributed by atoms with Crippen molar-refractivity contribution in [3.63, 3.8) is 0 Å². The highest BCUT2D eigenvalue weighted by Crippen LogP contribution is 2.15. The molecule has 10 heteroatoms. The van der Waals surface area contributed by atoms with Crippen LogP contribution in [0, 0.1) is 5.41 Å². The second-order valence-electron chi connectivity index (χ2n) is 9.14. The lowest BCUT2D eigenvalue weighted by Crippen LogP contribution is -2.40. The molecule has 4 rings (SSSR count). The Kier molecular flexibility index (Phi) is 8.51.